The van der Waals surface area contributed by atoms with Crippen LogP contribution in [0.15, 0.2) is 46.1 Å². The second-order valence-corrected chi connectivity index (χ2v) is 6.09. The zero-order chi connectivity index (χ0) is 17.8. The first kappa shape index (κ1) is 17.2. The number of carbonyl (C=O) groups excluding carboxylic acids is 1. The fraction of sp³-hybridized carbons (Fsp3) is 0.368. The Morgan fingerprint density at radius 1 is 1.40 bits per heavy atom. The van der Waals surface area contributed by atoms with Crippen LogP contribution in [0.4, 0.5) is 0 Å². The Hall–Kier alpha value is -2.60. The third-order valence-electron chi connectivity index (χ3n) is 4.44. The first-order valence-electron chi connectivity index (χ1n) is 8.57. The number of para-hydroxylation sites is 1. The predicted molar refractivity (Wildman–Crippen MR) is 95.3 cm³/mol. The molecule has 1 amide bonds. The molecule has 6 heteroatoms. The number of ether oxygens (including phenoxy) is 1. The van der Waals surface area contributed by atoms with Crippen LogP contribution in [-0.4, -0.2) is 50.1 Å². The molecule has 2 aromatic rings. The normalized spacial score (nSPS) is 15.3. The third kappa shape index (κ3) is 3.58. The standard InChI is InChI=1S/C19H22N2O4/c1-3-8-20-9-11-21(12-10-20)18(22)15-13-14-6-5-7-16(24-4-2)17(14)25-19(15)23/h3,5-7,13H,1,4,8-12H2,2H3/p+1. The molecule has 1 fully saturated rings. The summed E-state index contributed by atoms with van der Waals surface area (Å²) in [6, 6.07) is 6.98. The lowest BCUT2D eigenvalue weighted by Crippen LogP contribution is -3.14. The van der Waals surface area contributed by atoms with E-state index in [1.54, 1.807) is 17.0 Å². The molecular formula is C19H23N2O4+. The minimum absolute atomic E-state index is 0.0771. The van der Waals surface area contributed by atoms with Gasteiger partial charge in [-0.3, -0.25) is 4.79 Å². The Labute approximate surface area is 146 Å². The number of quaternary nitrogens is 1. The SMILES string of the molecule is C=CC[NH+]1CCN(C(=O)c2cc3cccc(OCC)c3oc2=O)CC1. The number of benzene rings is 1. The Morgan fingerprint density at radius 3 is 2.84 bits per heavy atom. The molecule has 0 atom stereocenters. The van der Waals surface area contributed by atoms with Crippen LogP contribution in [0.5, 0.6) is 5.75 Å². The van der Waals surface area contributed by atoms with E-state index < -0.39 is 5.63 Å². The van der Waals surface area contributed by atoms with E-state index in [0.29, 0.717) is 36.4 Å². The predicted octanol–water partition coefficient (Wildman–Crippen LogP) is 0.718. The average molecular weight is 343 g/mol. The van der Waals surface area contributed by atoms with Crippen molar-refractivity contribution in [3.63, 3.8) is 0 Å². The molecule has 0 aliphatic carbocycles. The van der Waals surface area contributed by atoms with E-state index in [4.69, 9.17) is 9.15 Å². The van der Waals surface area contributed by atoms with Crippen LogP contribution >= 0.6 is 0 Å². The van der Waals surface area contributed by atoms with Crippen molar-refractivity contribution in [3.05, 3.63) is 52.9 Å². The largest absolute Gasteiger partial charge is 0.490 e. The molecule has 25 heavy (non-hydrogen) atoms. The van der Waals surface area contributed by atoms with Crippen molar-refractivity contribution in [2.24, 2.45) is 0 Å². The maximum absolute atomic E-state index is 12.7. The van der Waals surface area contributed by atoms with E-state index in [1.165, 1.54) is 4.90 Å². The van der Waals surface area contributed by atoms with Gasteiger partial charge in [0.15, 0.2) is 11.3 Å². The van der Waals surface area contributed by atoms with Gasteiger partial charge in [-0.05, 0) is 25.1 Å². The van der Waals surface area contributed by atoms with Gasteiger partial charge in [0.2, 0.25) is 0 Å². The second kappa shape index (κ2) is 7.53. The van der Waals surface area contributed by atoms with Gasteiger partial charge >= 0.3 is 5.63 Å². The van der Waals surface area contributed by atoms with Crippen molar-refractivity contribution in [3.8, 4) is 5.75 Å². The smallest absolute Gasteiger partial charge is 0.349 e. The Morgan fingerprint density at radius 2 is 2.16 bits per heavy atom. The summed E-state index contributed by atoms with van der Waals surface area (Å²) in [4.78, 5) is 28.2. The molecule has 6 nitrogen and oxygen atoms in total. The topological polar surface area (TPSA) is 64.2 Å². The van der Waals surface area contributed by atoms with Gasteiger partial charge in [-0.25, -0.2) is 4.79 Å². The van der Waals surface area contributed by atoms with E-state index in [2.05, 4.69) is 6.58 Å². The van der Waals surface area contributed by atoms with Gasteiger partial charge in [-0.2, -0.15) is 0 Å². The fourth-order valence-corrected chi connectivity index (χ4v) is 3.14. The molecule has 0 unspecified atom stereocenters. The number of nitrogens with one attached hydrogen (secondary N) is 1. The molecule has 1 aliphatic heterocycles. The summed E-state index contributed by atoms with van der Waals surface area (Å²) in [7, 11) is 0. The summed E-state index contributed by atoms with van der Waals surface area (Å²) < 4.78 is 10.9. The second-order valence-electron chi connectivity index (χ2n) is 6.09. The van der Waals surface area contributed by atoms with Crippen molar-refractivity contribution in [1.29, 1.82) is 0 Å². The van der Waals surface area contributed by atoms with Gasteiger partial charge in [0.05, 0.1) is 39.3 Å². The summed E-state index contributed by atoms with van der Waals surface area (Å²) in [6.45, 7) is 9.93. The van der Waals surface area contributed by atoms with Crippen molar-refractivity contribution in [2.45, 2.75) is 6.92 Å². The molecule has 0 bridgehead atoms. The highest BCUT2D eigenvalue weighted by atomic mass is 16.5. The molecule has 1 saturated heterocycles. The van der Waals surface area contributed by atoms with Crippen LogP contribution in [0.25, 0.3) is 11.0 Å². The van der Waals surface area contributed by atoms with E-state index in [1.807, 2.05) is 25.1 Å². The summed E-state index contributed by atoms with van der Waals surface area (Å²) >= 11 is 0. The van der Waals surface area contributed by atoms with Gasteiger partial charge in [-0.1, -0.05) is 18.7 Å². The Balaban J connectivity index is 1.86. The number of nitrogens with zero attached hydrogens (tertiary/aromatic N) is 1. The lowest BCUT2D eigenvalue weighted by molar-refractivity contribution is -0.898. The third-order valence-corrected chi connectivity index (χ3v) is 4.44. The molecule has 0 spiro atoms. The molecule has 132 valence electrons. The van der Waals surface area contributed by atoms with Crippen LogP contribution in [0.2, 0.25) is 0 Å². The number of hydrogen-bond donors (Lipinski definition) is 1. The number of piperazine rings is 1. The van der Waals surface area contributed by atoms with Gasteiger partial charge in [0, 0.05) is 5.39 Å². The quantitative estimate of drug-likeness (QED) is 0.642. The van der Waals surface area contributed by atoms with Gasteiger partial charge in [0.25, 0.3) is 5.91 Å². The number of amides is 1. The monoisotopic (exact) mass is 343 g/mol. The number of rotatable bonds is 5. The van der Waals surface area contributed by atoms with E-state index >= 15 is 0 Å². The highest BCUT2D eigenvalue weighted by Crippen LogP contribution is 2.25. The van der Waals surface area contributed by atoms with E-state index in [0.717, 1.165) is 19.6 Å². The van der Waals surface area contributed by atoms with Crippen LogP contribution in [-0.2, 0) is 0 Å². The maximum atomic E-state index is 12.7. The van der Waals surface area contributed by atoms with E-state index in [-0.39, 0.29) is 11.5 Å². The molecule has 0 saturated carbocycles. The minimum Gasteiger partial charge on any atom is -0.490 e. The Kier molecular flexibility index (Phi) is 5.19. The molecule has 2 heterocycles. The van der Waals surface area contributed by atoms with Gasteiger partial charge in [-0.15, -0.1) is 0 Å². The van der Waals surface area contributed by atoms with Gasteiger partial charge < -0.3 is 19.0 Å². The number of carbonyl (C=O) groups is 1. The van der Waals surface area contributed by atoms with Crippen molar-refractivity contribution in [1.82, 2.24) is 4.90 Å². The lowest BCUT2D eigenvalue weighted by Gasteiger charge is -2.31. The average Bonchev–Trinajstić information content (AvgIpc) is 2.62. The minimum atomic E-state index is -0.620. The number of hydrogen-bond acceptors (Lipinski definition) is 4. The number of fused-ring (bicyclic) bond motifs is 1. The van der Waals surface area contributed by atoms with Crippen LogP contribution in [0.3, 0.4) is 0 Å². The summed E-state index contributed by atoms with van der Waals surface area (Å²) in [5.74, 6) is 0.243. The highest BCUT2D eigenvalue weighted by Gasteiger charge is 2.26. The molecular weight excluding hydrogens is 320 g/mol. The summed E-state index contributed by atoms with van der Waals surface area (Å²) in [5.41, 5.74) is -0.162. The molecule has 1 aliphatic rings. The van der Waals surface area contributed by atoms with Crippen molar-refractivity contribution < 1.29 is 18.8 Å². The first-order chi connectivity index (χ1) is 12.1. The highest BCUT2D eigenvalue weighted by molar-refractivity contribution is 5.97. The zero-order valence-corrected chi connectivity index (χ0v) is 14.4. The van der Waals surface area contributed by atoms with Gasteiger partial charge in [0.1, 0.15) is 5.56 Å². The van der Waals surface area contributed by atoms with Crippen LogP contribution < -0.4 is 15.3 Å². The molecule has 1 aromatic carbocycles. The first-order valence-corrected chi connectivity index (χ1v) is 8.57. The van der Waals surface area contributed by atoms with Crippen LogP contribution in [0, 0.1) is 0 Å². The van der Waals surface area contributed by atoms with E-state index in [9.17, 15) is 9.59 Å². The maximum Gasteiger partial charge on any atom is 0.349 e. The molecule has 1 N–H and O–H groups in total. The molecule has 1 aromatic heterocycles. The lowest BCUT2D eigenvalue weighted by atomic mass is 10.1. The molecule has 3 rings (SSSR count). The summed E-state index contributed by atoms with van der Waals surface area (Å²) in [6.07, 6.45) is 1.89. The van der Waals surface area contributed by atoms with Crippen molar-refractivity contribution >= 4 is 16.9 Å². The summed E-state index contributed by atoms with van der Waals surface area (Å²) in [5, 5.41) is 0.685. The zero-order valence-electron chi connectivity index (χ0n) is 14.4. The molecule has 0 radical (unpaired) electrons. The van der Waals surface area contributed by atoms with Crippen LogP contribution in [0.1, 0.15) is 17.3 Å². The fourth-order valence-electron chi connectivity index (χ4n) is 3.14. The Bertz CT molecular complexity index is 835. The van der Waals surface area contributed by atoms with Crippen molar-refractivity contribution in [2.75, 3.05) is 39.3 Å².